The number of benzene rings is 1. The first kappa shape index (κ1) is 14.1. The molecule has 0 amide bonds. The van der Waals surface area contributed by atoms with E-state index in [1.807, 2.05) is 19.1 Å². The Labute approximate surface area is 102 Å². The normalized spacial score (nSPS) is 12.7. The minimum absolute atomic E-state index is 0.0992. The lowest BCUT2D eigenvalue weighted by Gasteiger charge is -2.10. The van der Waals surface area contributed by atoms with E-state index in [1.54, 1.807) is 13.0 Å². The summed E-state index contributed by atoms with van der Waals surface area (Å²) in [5.41, 5.74) is 1.45. The zero-order valence-electron chi connectivity index (χ0n) is 10.6. The average Bonchev–Trinajstić information content (AvgIpc) is 2.30. The van der Waals surface area contributed by atoms with Gasteiger partial charge in [-0.3, -0.25) is 0 Å². The third-order valence-corrected chi connectivity index (χ3v) is 2.78. The van der Waals surface area contributed by atoms with Crippen LogP contribution in [0.5, 0.6) is 0 Å². The van der Waals surface area contributed by atoms with E-state index in [4.69, 9.17) is 4.74 Å². The van der Waals surface area contributed by atoms with Gasteiger partial charge in [0.1, 0.15) is 5.82 Å². The monoisotopic (exact) mass is 240 g/mol. The molecular weight excluding hydrogens is 219 g/mol. The van der Waals surface area contributed by atoms with Crippen molar-refractivity contribution in [1.29, 1.82) is 0 Å². The highest BCUT2D eigenvalue weighted by atomic mass is 19.1. The third-order valence-electron chi connectivity index (χ3n) is 2.78. The van der Waals surface area contributed by atoms with Gasteiger partial charge in [-0.25, -0.2) is 4.39 Å². The molecular formula is C14H21FO2. The Balaban J connectivity index is 2.29. The molecule has 1 unspecified atom stereocenters. The molecule has 1 N–H and O–H groups in total. The van der Waals surface area contributed by atoms with Crippen molar-refractivity contribution < 1.29 is 14.2 Å². The molecule has 0 saturated heterocycles. The molecule has 1 aromatic carbocycles. The van der Waals surface area contributed by atoms with Gasteiger partial charge < -0.3 is 9.84 Å². The highest BCUT2D eigenvalue weighted by Crippen LogP contribution is 2.15. The second-order valence-corrected chi connectivity index (χ2v) is 4.20. The van der Waals surface area contributed by atoms with E-state index in [2.05, 4.69) is 0 Å². The van der Waals surface area contributed by atoms with Crippen molar-refractivity contribution in [2.45, 2.75) is 45.8 Å². The van der Waals surface area contributed by atoms with Crippen molar-refractivity contribution in [3.63, 3.8) is 0 Å². The summed E-state index contributed by atoms with van der Waals surface area (Å²) in [7, 11) is 0. The molecule has 0 heterocycles. The molecule has 0 aliphatic rings. The van der Waals surface area contributed by atoms with Crippen LogP contribution in [-0.2, 0) is 11.2 Å². The highest BCUT2D eigenvalue weighted by molar-refractivity contribution is 5.24. The van der Waals surface area contributed by atoms with Gasteiger partial charge in [0.05, 0.1) is 0 Å². The van der Waals surface area contributed by atoms with Crippen LogP contribution in [-0.4, -0.2) is 18.0 Å². The van der Waals surface area contributed by atoms with Crippen LogP contribution in [0.4, 0.5) is 4.39 Å². The van der Waals surface area contributed by atoms with Gasteiger partial charge in [-0.1, -0.05) is 18.2 Å². The summed E-state index contributed by atoms with van der Waals surface area (Å²) in [5, 5.41) is 9.35. The molecule has 0 aliphatic carbocycles. The molecule has 0 aromatic heterocycles. The summed E-state index contributed by atoms with van der Waals surface area (Å²) in [6.45, 7) is 4.15. The number of ether oxygens (including phenoxy) is 1. The van der Waals surface area contributed by atoms with E-state index in [-0.39, 0.29) is 5.82 Å². The highest BCUT2D eigenvalue weighted by Gasteiger charge is 2.06. The molecule has 1 atom stereocenters. The number of unbranched alkanes of at least 4 members (excludes halogenated alkanes) is 1. The van der Waals surface area contributed by atoms with Gasteiger partial charge in [0.2, 0.25) is 0 Å². The van der Waals surface area contributed by atoms with Crippen LogP contribution in [0.2, 0.25) is 0 Å². The van der Waals surface area contributed by atoms with Crippen molar-refractivity contribution in [2.24, 2.45) is 0 Å². The van der Waals surface area contributed by atoms with Crippen LogP contribution in [0.1, 0.15) is 37.3 Å². The van der Waals surface area contributed by atoms with E-state index >= 15 is 0 Å². The summed E-state index contributed by atoms with van der Waals surface area (Å²) in [6, 6.07) is 5.47. The lowest BCUT2D eigenvalue weighted by atomic mass is 10.0. The summed E-state index contributed by atoms with van der Waals surface area (Å²) < 4.78 is 18.7. The Morgan fingerprint density at radius 2 is 2.12 bits per heavy atom. The maximum atomic E-state index is 13.6. The number of aryl methyl sites for hydroxylation is 2. The molecule has 0 spiro atoms. The summed E-state index contributed by atoms with van der Waals surface area (Å²) in [5.74, 6) is -0.0992. The minimum atomic E-state index is -0.678. The van der Waals surface area contributed by atoms with E-state index in [9.17, 15) is 9.50 Å². The summed E-state index contributed by atoms with van der Waals surface area (Å²) in [4.78, 5) is 0. The van der Waals surface area contributed by atoms with Crippen molar-refractivity contribution >= 4 is 0 Å². The van der Waals surface area contributed by atoms with Crippen LogP contribution in [0.3, 0.4) is 0 Å². The van der Waals surface area contributed by atoms with Crippen molar-refractivity contribution in [3.05, 3.63) is 35.1 Å². The molecule has 0 fully saturated rings. The Kier molecular flexibility index (Phi) is 6.16. The molecule has 0 bridgehead atoms. The maximum Gasteiger partial charge on any atom is 0.154 e. The first-order valence-electron chi connectivity index (χ1n) is 6.18. The summed E-state index contributed by atoms with van der Waals surface area (Å²) >= 11 is 0. The van der Waals surface area contributed by atoms with Crippen molar-refractivity contribution in [1.82, 2.24) is 0 Å². The Morgan fingerprint density at radius 3 is 2.82 bits per heavy atom. The largest absolute Gasteiger partial charge is 0.368 e. The second kappa shape index (κ2) is 7.41. The number of aliphatic hydroxyl groups excluding tert-OH is 1. The number of rotatable bonds is 7. The third kappa shape index (κ3) is 4.84. The lowest BCUT2D eigenvalue weighted by Crippen LogP contribution is -2.11. The van der Waals surface area contributed by atoms with Gasteiger partial charge in [-0.15, -0.1) is 0 Å². The molecule has 1 aromatic rings. The minimum Gasteiger partial charge on any atom is -0.368 e. The molecule has 3 heteroatoms. The van der Waals surface area contributed by atoms with Crippen molar-refractivity contribution in [2.75, 3.05) is 6.61 Å². The lowest BCUT2D eigenvalue weighted by molar-refractivity contribution is -0.0993. The zero-order chi connectivity index (χ0) is 12.7. The fourth-order valence-corrected chi connectivity index (χ4v) is 1.81. The van der Waals surface area contributed by atoms with Crippen LogP contribution in [0.25, 0.3) is 0 Å². The van der Waals surface area contributed by atoms with E-state index in [0.29, 0.717) is 25.0 Å². The molecule has 2 nitrogen and oxygen atoms in total. The van der Waals surface area contributed by atoms with Crippen LogP contribution in [0, 0.1) is 12.7 Å². The fraction of sp³-hybridized carbons (Fsp3) is 0.571. The predicted molar refractivity (Wildman–Crippen MR) is 66.3 cm³/mol. The summed E-state index contributed by atoms with van der Waals surface area (Å²) in [6.07, 6.45) is 2.36. The smallest absolute Gasteiger partial charge is 0.154 e. The molecule has 17 heavy (non-hydrogen) atoms. The standard InChI is InChI=1S/C14H21FO2/c1-3-17-13(16)10-5-4-8-12-9-6-7-11(2)14(12)15/h6-7,9,13,16H,3-5,8,10H2,1-2H3. The van der Waals surface area contributed by atoms with Crippen LogP contribution in [0.15, 0.2) is 18.2 Å². The molecule has 96 valence electrons. The quantitative estimate of drug-likeness (QED) is 0.586. The topological polar surface area (TPSA) is 29.5 Å². The van der Waals surface area contributed by atoms with Gasteiger partial charge in [0.15, 0.2) is 6.29 Å². The number of aliphatic hydroxyl groups is 1. The van der Waals surface area contributed by atoms with Crippen LogP contribution < -0.4 is 0 Å². The Hall–Kier alpha value is -0.930. The number of hydrogen-bond acceptors (Lipinski definition) is 2. The zero-order valence-corrected chi connectivity index (χ0v) is 10.6. The fourth-order valence-electron chi connectivity index (χ4n) is 1.81. The first-order valence-corrected chi connectivity index (χ1v) is 6.18. The Bertz CT molecular complexity index is 339. The molecule has 0 aliphatic heterocycles. The van der Waals surface area contributed by atoms with E-state index < -0.39 is 6.29 Å². The molecule has 0 radical (unpaired) electrons. The number of halogens is 1. The van der Waals surface area contributed by atoms with Gasteiger partial charge in [-0.2, -0.15) is 0 Å². The van der Waals surface area contributed by atoms with E-state index in [0.717, 1.165) is 18.4 Å². The molecule has 0 saturated carbocycles. The SMILES string of the molecule is CCOC(O)CCCCc1cccc(C)c1F. The van der Waals surface area contributed by atoms with Gasteiger partial charge in [0, 0.05) is 6.61 Å². The first-order chi connectivity index (χ1) is 8.15. The predicted octanol–water partition coefficient (Wildman–Crippen LogP) is 3.20. The van der Waals surface area contributed by atoms with E-state index in [1.165, 1.54) is 0 Å². The molecule has 1 rings (SSSR count). The average molecular weight is 240 g/mol. The van der Waals surface area contributed by atoms with Gasteiger partial charge >= 0.3 is 0 Å². The van der Waals surface area contributed by atoms with Gasteiger partial charge in [0.25, 0.3) is 0 Å². The number of hydrogen-bond donors (Lipinski definition) is 1. The van der Waals surface area contributed by atoms with Crippen molar-refractivity contribution in [3.8, 4) is 0 Å². The Morgan fingerprint density at radius 1 is 1.35 bits per heavy atom. The second-order valence-electron chi connectivity index (χ2n) is 4.20. The van der Waals surface area contributed by atoms with Crippen LogP contribution >= 0.6 is 0 Å². The van der Waals surface area contributed by atoms with Gasteiger partial charge in [-0.05, 0) is 50.7 Å². The maximum absolute atomic E-state index is 13.6.